The van der Waals surface area contributed by atoms with E-state index < -0.39 is 16.7 Å². The Labute approximate surface area is 175 Å². The number of benzene rings is 2. The van der Waals surface area contributed by atoms with Gasteiger partial charge in [-0.25, -0.2) is 4.98 Å². The highest BCUT2D eigenvalue weighted by molar-refractivity contribution is 7.09. The third-order valence-electron chi connectivity index (χ3n) is 4.46. The fourth-order valence-electron chi connectivity index (χ4n) is 3.07. The molecule has 10 heteroatoms. The number of nitro benzene ring substituents is 1. The zero-order valence-corrected chi connectivity index (χ0v) is 16.6. The molecule has 0 saturated carbocycles. The molecule has 1 aliphatic rings. The van der Waals surface area contributed by atoms with Crippen molar-refractivity contribution in [1.82, 2.24) is 4.98 Å². The molecule has 0 radical (unpaired) electrons. The molecule has 2 aromatic carbocycles. The van der Waals surface area contributed by atoms with Crippen molar-refractivity contribution in [2.24, 2.45) is 0 Å². The van der Waals surface area contributed by atoms with E-state index in [1.54, 1.807) is 18.2 Å². The van der Waals surface area contributed by atoms with E-state index >= 15 is 0 Å². The molecule has 3 aromatic rings. The lowest BCUT2D eigenvalue weighted by atomic mass is 10.1. The molecule has 1 aromatic heterocycles. The Bertz CT molecular complexity index is 1160. The lowest BCUT2D eigenvalue weighted by molar-refractivity contribution is -0.384. The standard InChI is InChI=1S/C20H16N4O5S/c1-12-21-16(11-30-12)13-3-2-4-14(7-13)22-19(25)9-23-17-8-15(24(27)28)5-6-18(17)29-10-20(23)26/h2-8,11H,9-10H2,1H3,(H,22,25). The Kier molecular flexibility index (Phi) is 5.15. The summed E-state index contributed by atoms with van der Waals surface area (Å²) in [6.07, 6.45) is 0. The Morgan fingerprint density at radius 1 is 1.33 bits per heavy atom. The molecule has 0 atom stereocenters. The first-order valence-corrected chi connectivity index (χ1v) is 9.83. The highest BCUT2D eigenvalue weighted by Gasteiger charge is 2.29. The molecule has 0 aliphatic carbocycles. The van der Waals surface area contributed by atoms with Gasteiger partial charge in [0, 0.05) is 28.8 Å². The highest BCUT2D eigenvalue weighted by atomic mass is 32.1. The maximum atomic E-state index is 12.6. The van der Waals surface area contributed by atoms with E-state index in [0.29, 0.717) is 11.4 Å². The van der Waals surface area contributed by atoms with Crippen LogP contribution >= 0.6 is 11.3 Å². The average molecular weight is 424 g/mol. The van der Waals surface area contributed by atoms with Crippen molar-refractivity contribution in [3.8, 4) is 17.0 Å². The number of carbonyl (C=O) groups excluding carboxylic acids is 2. The molecular weight excluding hydrogens is 408 g/mol. The fourth-order valence-corrected chi connectivity index (χ4v) is 3.70. The molecule has 1 aliphatic heterocycles. The molecule has 9 nitrogen and oxygen atoms in total. The summed E-state index contributed by atoms with van der Waals surface area (Å²) in [7, 11) is 0. The number of nitrogens with one attached hydrogen (secondary N) is 1. The van der Waals surface area contributed by atoms with Crippen LogP contribution in [0.5, 0.6) is 5.75 Å². The summed E-state index contributed by atoms with van der Waals surface area (Å²) in [5, 5.41) is 16.7. The van der Waals surface area contributed by atoms with Crippen LogP contribution < -0.4 is 15.0 Å². The predicted octanol–water partition coefficient (Wildman–Crippen LogP) is 3.39. The first-order valence-electron chi connectivity index (χ1n) is 8.95. The van der Waals surface area contributed by atoms with Gasteiger partial charge in [0.05, 0.1) is 21.3 Å². The number of hydrogen-bond acceptors (Lipinski definition) is 7. The topological polar surface area (TPSA) is 115 Å². The number of thiazole rings is 1. The second kappa shape index (κ2) is 7.91. The van der Waals surface area contributed by atoms with Crippen LogP contribution in [-0.2, 0) is 9.59 Å². The van der Waals surface area contributed by atoms with Gasteiger partial charge in [0.25, 0.3) is 11.6 Å². The number of nitro groups is 1. The van der Waals surface area contributed by atoms with Crippen LogP contribution in [0.4, 0.5) is 17.1 Å². The maximum absolute atomic E-state index is 12.6. The van der Waals surface area contributed by atoms with Gasteiger partial charge in [-0.05, 0) is 25.1 Å². The molecular formula is C20H16N4O5S. The van der Waals surface area contributed by atoms with Crippen molar-refractivity contribution in [3.63, 3.8) is 0 Å². The number of aryl methyl sites for hydroxylation is 1. The Morgan fingerprint density at radius 3 is 2.90 bits per heavy atom. The number of hydrogen-bond donors (Lipinski definition) is 1. The van der Waals surface area contributed by atoms with Gasteiger partial charge in [0.15, 0.2) is 6.61 Å². The Balaban J connectivity index is 1.53. The number of carbonyl (C=O) groups is 2. The van der Waals surface area contributed by atoms with Crippen LogP contribution in [0, 0.1) is 17.0 Å². The van der Waals surface area contributed by atoms with Crippen LogP contribution in [0.3, 0.4) is 0 Å². The van der Waals surface area contributed by atoms with Crippen LogP contribution in [0.2, 0.25) is 0 Å². The molecule has 4 rings (SSSR count). The summed E-state index contributed by atoms with van der Waals surface area (Å²) in [5.74, 6) is -0.576. The number of aromatic nitrogens is 1. The number of non-ortho nitro benzene ring substituents is 1. The van der Waals surface area contributed by atoms with Gasteiger partial charge in [-0.1, -0.05) is 12.1 Å². The minimum atomic E-state index is -0.566. The van der Waals surface area contributed by atoms with Gasteiger partial charge in [0.2, 0.25) is 5.91 Å². The number of rotatable bonds is 5. The zero-order valence-electron chi connectivity index (χ0n) is 15.8. The van der Waals surface area contributed by atoms with Crippen molar-refractivity contribution in [1.29, 1.82) is 0 Å². The van der Waals surface area contributed by atoms with Crippen LogP contribution in [0.25, 0.3) is 11.3 Å². The number of fused-ring (bicyclic) bond motifs is 1. The average Bonchev–Trinajstić information content (AvgIpc) is 3.16. The third-order valence-corrected chi connectivity index (χ3v) is 5.23. The molecule has 0 saturated heterocycles. The Hall–Kier alpha value is -3.79. The van der Waals surface area contributed by atoms with Crippen molar-refractivity contribution >= 4 is 40.2 Å². The predicted molar refractivity (Wildman–Crippen MR) is 112 cm³/mol. The van der Waals surface area contributed by atoms with E-state index in [1.807, 2.05) is 18.4 Å². The van der Waals surface area contributed by atoms with Gasteiger partial charge >= 0.3 is 0 Å². The lowest BCUT2D eigenvalue weighted by Crippen LogP contribution is -2.43. The molecule has 0 fully saturated rings. The third kappa shape index (κ3) is 3.98. The molecule has 0 bridgehead atoms. The number of ether oxygens (including phenoxy) is 1. The quantitative estimate of drug-likeness (QED) is 0.496. The number of anilines is 2. The SMILES string of the molecule is Cc1nc(-c2cccc(NC(=O)CN3C(=O)COc4ccc([N+](=O)[O-])cc43)c2)cs1. The van der Waals surface area contributed by atoms with Crippen molar-refractivity contribution in [2.45, 2.75) is 6.92 Å². The molecule has 2 amide bonds. The monoisotopic (exact) mass is 424 g/mol. The second-order valence-corrected chi connectivity index (χ2v) is 7.62. The molecule has 1 N–H and O–H groups in total. The first kappa shape index (κ1) is 19.5. The summed E-state index contributed by atoms with van der Waals surface area (Å²) in [4.78, 5) is 41.1. The van der Waals surface area contributed by atoms with Crippen LogP contribution in [0.15, 0.2) is 47.8 Å². The molecule has 152 valence electrons. The summed E-state index contributed by atoms with van der Waals surface area (Å²) in [6, 6.07) is 11.2. The molecule has 2 heterocycles. The second-order valence-electron chi connectivity index (χ2n) is 6.56. The van der Waals surface area contributed by atoms with Gasteiger partial charge in [0.1, 0.15) is 12.3 Å². The highest BCUT2D eigenvalue weighted by Crippen LogP contribution is 2.35. The maximum Gasteiger partial charge on any atom is 0.271 e. The van der Waals surface area contributed by atoms with E-state index in [0.717, 1.165) is 16.3 Å². The summed E-state index contributed by atoms with van der Waals surface area (Å²) in [6.45, 7) is 1.38. The van der Waals surface area contributed by atoms with Crippen molar-refractivity contribution in [3.05, 3.63) is 63.0 Å². The molecule has 30 heavy (non-hydrogen) atoms. The van der Waals surface area contributed by atoms with Crippen LogP contribution in [-0.4, -0.2) is 34.9 Å². The van der Waals surface area contributed by atoms with Gasteiger partial charge in [-0.2, -0.15) is 0 Å². The largest absolute Gasteiger partial charge is 0.482 e. The van der Waals surface area contributed by atoms with E-state index in [1.165, 1.54) is 34.4 Å². The summed E-state index contributed by atoms with van der Waals surface area (Å²) in [5.41, 5.74) is 2.24. The summed E-state index contributed by atoms with van der Waals surface area (Å²) >= 11 is 1.54. The van der Waals surface area contributed by atoms with E-state index in [-0.39, 0.29) is 24.5 Å². The van der Waals surface area contributed by atoms with Gasteiger partial charge in [-0.3, -0.25) is 24.6 Å². The van der Waals surface area contributed by atoms with E-state index in [9.17, 15) is 19.7 Å². The normalized spacial score (nSPS) is 12.8. The van der Waals surface area contributed by atoms with E-state index in [2.05, 4.69) is 10.3 Å². The number of amides is 2. The molecule has 0 spiro atoms. The summed E-state index contributed by atoms with van der Waals surface area (Å²) < 4.78 is 5.32. The van der Waals surface area contributed by atoms with E-state index in [4.69, 9.17) is 4.74 Å². The van der Waals surface area contributed by atoms with Gasteiger partial charge < -0.3 is 10.1 Å². The smallest absolute Gasteiger partial charge is 0.271 e. The van der Waals surface area contributed by atoms with Crippen molar-refractivity contribution < 1.29 is 19.2 Å². The lowest BCUT2D eigenvalue weighted by Gasteiger charge is -2.28. The fraction of sp³-hybridized carbons (Fsp3) is 0.150. The van der Waals surface area contributed by atoms with Crippen molar-refractivity contribution in [2.75, 3.05) is 23.4 Å². The Morgan fingerprint density at radius 2 is 2.17 bits per heavy atom. The first-order chi connectivity index (χ1) is 14.4. The minimum absolute atomic E-state index is 0.191. The zero-order chi connectivity index (χ0) is 21.3. The molecule has 0 unspecified atom stereocenters. The minimum Gasteiger partial charge on any atom is -0.482 e. The number of nitrogens with zero attached hydrogens (tertiary/aromatic N) is 3. The van der Waals surface area contributed by atoms with Crippen LogP contribution in [0.1, 0.15) is 5.01 Å². The van der Waals surface area contributed by atoms with Gasteiger partial charge in [-0.15, -0.1) is 11.3 Å².